The van der Waals surface area contributed by atoms with Gasteiger partial charge < -0.3 is 14.2 Å². The van der Waals surface area contributed by atoms with E-state index in [2.05, 4.69) is 9.62 Å². The molecule has 0 unspecified atom stereocenters. The van der Waals surface area contributed by atoms with Crippen molar-refractivity contribution in [1.29, 1.82) is 0 Å². The van der Waals surface area contributed by atoms with Crippen LogP contribution in [0.5, 0.6) is 0 Å². The minimum absolute atomic E-state index is 0.171. The fourth-order valence-electron chi connectivity index (χ4n) is 3.51. The maximum atomic E-state index is 12.5. The van der Waals surface area contributed by atoms with E-state index in [4.69, 9.17) is 14.2 Å². The van der Waals surface area contributed by atoms with Crippen molar-refractivity contribution in [1.82, 2.24) is 9.62 Å². The second-order valence-corrected chi connectivity index (χ2v) is 8.85. The molecular weight excluding hydrogens is 356 g/mol. The minimum Gasteiger partial charge on any atom is -0.373 e. The Kier molecular flexibility index (Phi) is 6.01. The zero-order valence-electron chi connectivity index (χ0n) is 15.6. The average Bonchev–Trinajstić information content (AvgIpc) is 3.02. The molecule has 7 nitrogen and oxygen atoms in total. The third kappa shape index (κ3) is 4.62. The molecule has 2 atom stereocenters. The largest absolute Gasteiger partial charge is 0.373 e. The summed E-state index contributed by atoms with van der Waals surface area (Å²) in [5, 5.41) is 0. The molecule has 2 aliphatic heterocycles. The van der Waals surface area contributed by atoms with E-state index in [0.29, 0.717) is 26.3 Å². The molecule has 0 aromatic heterocycles. The van der Waals surface area contributed by atoms with Crippen LogP contribution < -0.4 is 4.72 Å². The summed E-state index contributed by atoms with van der Waals surface area (Å²) in [6, 6.07) is 6.66. The molecule has 26 heavy (non-hydrogen) atoms. The van der Waals surface area contributed by atoms with Crippen molar-refractivity contribution in [2.75, 3.05) is 39.4 Å². The predicted octanol–water partition coefficient (Wildman–Crippen LogP) is 1.29. The second-order valence-electron chi connectivity index (χ2n) is 7.08. The number of benzene rings is 1. The molecule has 146 valence electrons. The molecule has 8 heteroatoms. The van der Waals surface area contributed by atoms with Gasteiger partial charge in [0.25, 0.3) is 0 Å². The molecule has 2 fully saturated rings. The summed E-state index contributed by atoms with van der Waals surface area (Å²) in [4.78, 5) is 2.46. The number of ether oxygens (including phenoxy) is 3. The van der Waals surface area contributed by atoms with E-state index in [1.165, 1.54) is 0 Å². The number of sulfonamides is 1. The van der Waals surface area contributed by atoms with Gasteiger partial charge in [0.05, 0.1) is 30.3 Å². The van der Waals surface area contributed by atoms with Crippen LogP contribution in [0, 0.1) is 0 Å². The number of rotatable bonds is 6. The maximum absolute atomic E-state index is 12.5. The van der Waals surface area contributed by atoms with Crippen molar-refractivity contribution in [2.45, 2.75) is 43.7 Å². The monoisotopic (exact) mass is 384 g/mol. The zero-order chi connectivity index (χ0) is 18.8. The van der Waals surface area contributed by atoms with Crippen LogP contribution in [-0.2, 0) is 30.0 Å². The van der Waals surface area contributed by atoms with Crippen LogP contribution in [0.1, 0.15) is 26.3 Å². The number of nitrogens with zero attached hydrogens (tertiary/aromatic N) is 1. The van der Waals surface area contributed by atoms with Crippen LogP contribution in [0.2, 0.25) is 0 Å². The van der Waals surface area contributed by atoms with Crippen molar-refractivity contribution >= 4 is 10.0 Å². The van der Waals surface area contributed by atoms with Gasteiger partial charge in [-0.2, -0.15) is 0 Å². The van der Waals surface area contributed by atoms with Gasteiger partial charge in [0.1, 0.15) is 0 Å². The molecule has 1 N–H and O–H groups in total. The number of morpholine rings is 1. The fraction of sp³-hybridized carbons (Fsp3) is 0.667. The van der Waals surface area contributed by atoms with E-state index < -0.39 is 15.8 Å². The highest BCUT2D eigenvalue weighted by Crippen LogP contribution is 2.31. The van der Waals surface area contributed by atoms with Crippen LogP contribution in [0.25, 0.3) is 0 Å². The van der Waals surface area contributed by atoms with E-state index in [-0.39, 0.29) is 17.1 Å². The van der Waals surface area contributed by atoms with Crippen LogP contribution in [-0.4, -0.2) is 64.9 Å². The molecule has 1 aromatic carbocycles. The number of hydrogen-bond acceptors (Lipinski definition) is 6. The van der Waals surface area contributed by atoms with Gasteiger partial charge in [-0.25, -0.2) is 13.1 Å². The van der Waals surface area contributed by atoms with Gasteiger partial charge in [-0.3, -0.25) is 4.90 Å². The lowest BCUT2D eigenvalue weighted by Crippen LogP contribution is -2.47. The lowest BCUT2D eigenvalue weighted by atomic mass is 10.1. The first-order valence-electron chi connectivity index (χ1n) is 9.04. The fourth-order valence-corrected chi connectivity index (χ4v) is 4.53. The Morgan fingerprint density at radius 2 is 1.69 bits per heavy atom. The van der Waals surface area contributed by atoms with Gasteiger partial charge in [0, 0.05) is 31.7 Å². The summed E-state index contributed by atoms with van der Waals surface area (Å²) >= 11 is 0. The second kappa shape index (κ2) is 7.92. The molecule has 2 aliphatic rings. The van der Waals surface area contributed by atoms with Gasteiger partial charge >= 0.3 is 0 Å². The highest BCUT2D eigenvalue weighted by molar-refractivity contribution is 7.89. The van der Waals surface area contributed by atoms with Gasteiger partial charge in [-0.05, 0) is 32.9 Å². The molecule has 0 saturated carbocycles. The smallest absolute Gasteiger partial charge is 0.240 e. The van der Waals surface area contributed by atoms with Crippen LogP contribution in [0.15, 0.2) is 29.2 Å². The SMILES string of the molecule is C[C@@H]1CN(CCNS(=O)(=O)c2ccc(C3(C)OCCO3)cc2)C[C@@H](C)O1. The Bertz CT molecular complexity index is 691. The summed E-state index contributed by atoms with van der Waals surface area (Å²) in [7, 11) is -3.54. The van der Waals surface area contributed by atoms with Crippen molar-refractivity contribution < 1.29 is 22.6 Å². The number of nitrogens with one attached hydrogen (secondary N) is 1. The van der Waals surface area contributed by atoms with Gasteiger partial charge in [0.2, 0.25) is 10.0 Å². The Balaban J connectivity index is 1.56. The predicted molar refractivity (Wildman–Crippen MR) is 97.3 cm³/mol. The molecule has 2 heterocycles. The third-order valence-corrected chi connectivity index (χ3v) is 6.22. The third-order valence-electron chi connectivity index (χ3n) is 4.74. The zero-order valence-corrected chi connectivity index (χ0v) is 16.4. The van der Waals surface area contributed by atoms with E-state index in [1.54, 1.807) is 24.3 Å². The lowest BCUT2D eigenvalue weighted by Gasteiger charge is -2.35. The molecular formula is C18H28N2O5S. The van der Waals surface area contributed by atoms with Crippen LogP contribution in [0.4, 0.5) is 0 Å². The highest BCUT2D eigenvalue weighted by Gasteiger charge is 2.33. The normalized spacial score (nSPS) is 26.9. The lowest BCUT2D eigenvalue weighted by molar-refractivity contribution is -0.149. The Labute approximate surface area is 155 Å². The first-order valence-corrected chi connectivity index (χ1v) is 10.5. The quantitative estimate of drug-likeness (QED) is 0.797. The van der Waals surface area contributed by atoms with Gasteiger partial charge in [-0.15, -0.1) is 0 Å². The summed E-state index contributed by atoms with van der Waals surface area (Å²) in [5.41, 5.74) is 0.810. The summed E-state index contributed by atoms with van der Waals surface area (Å²) < 4.78 is 44.6. The summed E-state index contributed by atoms with van der Waals surface area (Å²) in [6.45, 7) is 9.65. The van der Waals surface area contributed by atoms with E-state index in [9.17, 15) is 8.42 Å². The molecule has 2 saturated heterocycles. The van der Waals surface area contributed by atoms with Crippen molar-refractivity contribution in [2.24, 2.45) is 0 Å². The van der Waals surface area contributed by atoms with E-state index >= 15 is 0 Å². The first kappa shape index (κ1) is 19.7. The molecule has 1 aromatic rings. The molecule has 0 spiro atoms. The standard InChI is InChI=1S/C18H28N2O5S/c1-14-12-20(13-15(2)25-14)9-8-19-26(21,22)17-6-4-16(5-7-17)18(3)23-10-11-24-18/h4-7,14-15,19H,8-13H2,1-3H3/t14-,15-/m1/s1. The minimum atomic E-state index is -3.54. The maximum Gasteiger partial charge on any atom is 0.240 e. The Morgan fingerprint density at radius 3 is 2.27 bits per heavy atom. The van der Waals surface area contributed by atoms with E-state index in [1.807, 2.05) is 20.8 Å². The van der Waals surface area contributed by atoms with Crippen LogP contribution >= 0.6 is 0 Å². The van der Waals surface area contributed by atoms with Crippen molar-refractivity contribution in [3.63, 3.8) is 0 Å². The molecule has 0 amide bonds. The number of hydrogen-bond donors (Lipinski definition) is 1. The average molecular weight is 384 g/mol. The summed E-state index contributed by atoms with van der Waals surface area (Å²) in [5.74, 6) is -0.792. The molecule has 0 bridgehead atoms. The van der Waals surface area contributed by atoms with E-state index in [0.717, 1.165) is 18.7 Å². The Morgan fingerprint density at radius 1 is 1.12 bits per heavy atom. The molecule has 0 aliphatic carbocycles. The highest BCUT2D eigenvalue weighted by atomic mass is 32.2. The Hall–Kier alpha value is -1.03. The topological polar surface area (TPSA) is 77.1 Å². The molecule has 0 radical (unpaired) electrons. The summed E-state index contributed by atoms with van der Waals surface area (Å²) in [6.07, 6.45) is 0.341. The van der Waals surface area contributed by atoms with Gasteiger partial charge in [-0.1, -0.05) is 12.1 Å². The van der Waals surface area contributed by atoms with Crippen LogP contribution in [0.3, 0.4) is 0 Å². The van der Waals surface area contributed by atoms with Crippen molar-refractivity contribution in [3.8, 4) is 0 Å². The van der Waals surface area contributed by atoms with Gasteiger partial charge in [0.15, 0.2) is 5.79 Å². The van der Waals surface area contributed by atoms with Crippen molar-refractivity contribution in [3.05, 3.63) is 29.8 Å². The molecule has 3 rings (SSSR count). The first-order chi connectivity index (χ1) is 12.3.